The summed E-state index contributed by atoms with van der Waals surface area (Å²) in [5.41, 5.74) is 0.568. The Kier molecular flexibility index (Phi) is 5.06. The minimum atomic E-state index is -0.504. The lowest BCUT2D eigenvalue weighted by atomic mass is 10.0. The van der Waals surface area contributed by atoms with Crippen LogP contribution in [0.15, 0.2) is 24.3 Å². The van der Waals surface area contributed by atoms with Crippen LogP contribution in [0.5, 0.6) is 0 Å². The third-order valence-electron chi connectivity index (χ3n) is 2.73. The smallest absolute Gasteiger partial charge is 0.337 e. The van der Waals surface area contributed by atoms with E-state index in [0.29, 0.717) is 11.3 Å². The molecule has 19 heavy (non-hydrogen) atoms. The normalized spacial score (nSPS) is 10.9. The first-order valence-electron chi connectivity index (χ1n) is 5.91. The number of amides is 1. The highest BCUT2D eigenvalue weighted by Crippen LogP contribution is 2.15. The molecule has 0 bridgehead atoms. The molecule has 1 amide bonds. The van der Waals surface area contributed by atoms with Gasteiger partial charge >= 0.3 is 5.97 Å². The summed E-state index contributed by atoms with van der Waals surface area (Å²) < 4.78 is 9.78. The maximum atomic E-state index is 11.8. The molecule has 0 heterocycles. The van der Waals surface area contributed by atoms with Crippen molar-refractivity contribution in [3.8, 4) is 0 Å². The van der Waals surface area contributed by atoms with Gasteiger partial charge in [0.05, 0.1) is 24.7 Å². The molecule has 0 saturated heterocycles. The van der Waals surface area contributed by atoms with Crippen LogP contribution in [0, 0.1) is 0 Å². The molecule has 0 aliphatic rings. The lowest BCUT2D eigenvalue weighted by Gasteiger charge is -2.21. The number of carbonyl (C=O) groups is 2. The number of hydrogen-bond donors (Lipinski definition) is 1. The third kappa shape index (κ3) is 4.71. The van der Waals surface area contributed by atoms with Gasteiger partial charge in [0.25, 0.3) is 0 Å². The van der Waals surface area contributed by atoms with E-state index in [4.69, 9.17) is 4.74 Å². The summed E-state index contributed by atoms with van der Waals surface area (Å²) in [5, 5.41) is 2.75. The van der Waals surface area contributed by atoms with Crippen LogP contribution in [-0.2, 0) is 14.3 Å². The van der Waals surface area contributed by atoms with Crippen LogP contribution in [0.25, 0.3) is 0 Å². The Bertz CT molecular complexity index is 451. The van der Waals surface area contributed by atoms with Gasteiger partial charge in [-0.15, -0.1) is 0 Å². The average molecular weight is 265 g/mol. The van der Waals surface area contributed by atoms with E-state index in [-0.39, 0.29) is 12.3 Å². The molecule has 104 valence electrons. The van der Waals surface area contributed by atoms with Crippen molar-refractivity contribution in [3.05, 3.63) is 29.8 Å². The highest BCUT2D eigenvalue weighted by Gasteiger charge is 2.21. The van der Waals surface area contributed by atoms with Gasteiger partial charge in [-0.2, -0.15) is 0 Å². The quantitative estimate of drug-likeness (QED) is 0.829. The maximum absolute atomic E-state index is 11.8. The first-order valence-corrected chi connectivity index (χ1v) is 5.91. The van der Waals surface area contributed by atoms with E-state index in [1.807, 2.05) is 13.8 Å². The van der Waals surface area contributed by atoms with Gasteiger partial charge in [-0.25, -0.2) is 4.79 Å². The summed E-state index contributed by atoms with van der Waals surface area (Å²) in [6.07, 6.45) is 0.252. The molecule has 1 aromatic carbocycles. The van der Waals surface area contributed by atoms with E-state index in [1.165, 1.54) is 7.11 Å². The van der Waals surface area contributed by atoms with Crippen molar-refractivity contribution in [2.75, 3.05) is 19.5 Å². The Hall–Kier alpha value is -1.88. The number of anilines is 1. The zero-order valence-electron chi connectivity index (χ0n) is 11.6. The number of methoxy groups -OCH3 is 2. The molecule has 5 nitrogen and oxygen atoms in total. The summed E-state index contributed by atoms with van der Waals surface area (Å²) in [6.45, 7) is 3.68. The second-order valence-electron chi connectivity index (χ2n) is 4.76. The van der Waals surface area contributed by atoms with Crippen LogP contribution in [-0.4, -0.2) is 31.7 Å². The van der Waals surface area contributed by atoms with E-state index in [2.05, 4.69) is 10.1 Å². The number of carbonyl (C=O) groups excluding carboxylic acids is 2. The second kappa shape index (κ2) is 6.33. The molecule has 0 atom stereocenters. The monoisotopic (exact) mass is 265 g/mol. The Morgan fingerprint density at radius 2 is 1.74 bits per heavy atom. The highest BCUT2D eigenvalue weighted by molar-refractivity contribution is 5.93. The molecule has 1 aromatic rings. The first-order chi connectivity index (χ1) is 8.88. The zero-order chi connectivity index (χ0) is 14.5. The molecule has 1 N–H and O–H groups in total. The van der Waals surface area contributed by atoms with Crippen molar-refractivity contribution in [3.63, 3.8) is 0 Å². The van der Waals surface area contributed by atoms with E-state index < -0.39 is 11.6 Å². The van der Waals surface area contributed by atoms with Gasteiger partial charge in [-0.3, -0.25) is 4.79 Å². The molecule has 0 aromatic heterocycles. The van der Waals surface area contributed by atoms with E-state index in [0.717, 1.165) is 0 Å². The average Bonchev–Trinajstić information content (AvgIpc) is 2.38. The molecule has 1 rings (SSSR count). The van der Waals surface area contributed by atoms with Crippen molar-refractivity contribution in [1.82, 2.24) is 0 Å². The summed E-state index contributed by atoms with van der Waals surface area (Å²) in [6, 6.07) is 6.51. The van der Waals surface area contributed by atoms with Crippen LogP contribution in [0.3, 0.4) is 0 Å². The summed E-state index contributed by atoms with van der Waals surface area (Å²) in [5.74, 6) is -0.545. The number of ether oxygens (including phenoxy) is 2. The first kappa shape index (κ1) is 15.2. The molecule has 0 aliphatic heterocycles. The Morgan fingerprint density at radius 1 is 1.16 bits per heavy atom. The predicted octanol–water partition coefficient (Wildman–Crippen LogP) is 2.23. The lowest BCUT2D eigenvalue weighted by molar-refractivity contribution is -0.121. The lowest BCUT2D eigenvalue weighted by Crippen LogP contribution is -2.29. The second-order valence-corrected chi connectivity index (χ2v) is 4.76. The molecule has 0 saturated carbocycles. The summed E-state index contributed by atoms with van der Waals surface area (Å²) in [7, 11) is 2.89. The van der Waals surface area contributed by atoms with Crippen LogP contribution in [0.1, 0.15) is 30.6 Å². The van der Waals surface area contributed by atoms with E-state index in [1.54, 1.807) is 31.4 Å². The molecule has 0 fully saturated rings. The number of esters is 1. The minimum absolute atomic E-state index is 0.141. The molecular weight excluding hydrogens is 246 g/mol. The molecule has 0 aliphatic carbocycles. The van der Waals surface area contributed by atoms with Gasteiger partial charge in [-0.05, 0) is 38.1 Å². The number of nitrogens with one attached hydrogen (secondary N) is 1. The fourth-order valence-electron chi connectivity index (χ4n) is 1.47. The molecular formula is C14H19NO4. The Balaban J connectivity index is 2.63. The van der Waals surface area contributed by atoms with Crippen molar-refractivity contribution >= 4 is 17.6 Å². The topological polar surface area (TPSA) is 64.6 Å². The van der Waals surface area contributed by atoms with Gasteiger partial charge in [0.1, 0.15) is 0 Å². The van der Waals surface area contributed by atoms with Gasteiger partial charge in [0.15, 0.2) is 0 Å². The largest absolute Gasteiger partial charge is 0.465 e. The number of rotatable bonds is 5. The zero-order valence-corrected chi connectivity index (χ0v) is 11.6. The summed E-state index contributed by atoms with van der Waals surface area (Å²) in [4.78, 5) is 23.0. The van der Waals surface area contributed by atoms with Crippen molar-refractivity contribution in [1.29, 1.82) is 0 Å². The van der Waals surface area contributed by atoms with Crippen LogP contribution < -0.4 is 5.32 Å². The maximum Gasteiger partial charge on any atom is 0.337 e. The Labute approximate surface area is 112 Å². The SMILES string of the molecule is COC(=O)c1ccc(NC(=O)CC(C)(C)OC)cc1. The van der Waals surface area contributed by atoms with Crippen LogP contribution in [0.2, 0.25) is 0 Å². The van der Waals surface area contributed by atoms with Crippen LogP contribution in [0.4, 0.5) is 5.69 Å². The van der Waals surface area contributed by atoms with Crippen molar-refractivity contribution in [2.45, 2.75) is 25.9 Å². The number of hydrogen-bond acceptors (Lipinski definition) is 4. The third-order valence-corrected chi connectivity index (χ3v) is 2.73. The number of benzene rings is 1. The van der Waals surface area contributed by atoms with E-state index >= 15 is 0 Å². The van der Waals surface area contributed by atoms with E-state index in [9.17, 15) is 9.59 Å². The molecule has 0 unspecified atom stereocenters. The van der Waals surface area contributed by atoms with Crippen molar-refractivity contribution < 1.29 is 19.1 Å². The van der Waals surface area contributed by atoms with Gasteiger partial charge in [0, 0.05) is 12.8 Å². The van der Waals surface area contributed by atoms with Gasteiger partial charge < -0.3 is 14.8 Å². The highest BCUT2D eigenvalue weighted by atomic mass is 16.5. The predicted molar refractivity (Wildman–Crippen MR) is 72.1 cm³/mol. The fourth-order valence-corrected chi connectivity index (χ4v) is 1.47. The standard InChI is InChI=1S/C14H19NO4/c1-14(2,19-4)9-12(16)15-11-7-5-10(6-8-11)13(17)18-3/h5-8H,9H2,1-4H3,(H,15,16). The fraction of sp³-hybridized carbons (Fsp3) is 0.429. The molecule has 0 spiro atoms. The molecule has 0 radical (unpaired) electrons. The van der Waals surface area contributed by atoms with Gasteiger partial charge in [-0.1, -0.05) is 0 Å². The van der Waals surface area contributed by atoms with Gasteiger partial charge in [0.2, 0.25) is 5.91 Å². The minimum Gasteiger partial charge on any atom is -0.465 e. The van der Waals surface area contributed by atoms with Crippen molar-refractivity contribution in [2.24, 2.45) is 0 Å². The Morgan fingerprint density at radius 3 is 2.21 bits per heavy atom. The summed E-state index contributed by atoms with van der Waals surface area (Å²) >= 11 is 0. The van der Waals surface area contributed by atoms with Crippen LogP contribution >= 0.6 is 0 Å². The molecule has 5 heteroatoms.